The molecule has 0 heterocycles. The summed E-state index contributed by atoms with van der Waals surface area (Å²) in [4.78, 5) is 22.4. The third-order valence-corrected chi connectivity index (χ3v) is 7.17. The summed E-state index contributed by atoms with van der Waals surface area (Å²) < 4.78 is 10.1. The predicted molar refractivity (Wildman–Crippen MR) is 67.6 cm³/mol. The van der Waals surface area contributed by atoms with E-state index in [0.717, 1.165) is 11.4 Å². The van der Waals surface area contributed by atoms with Gasteiger partial charge in [0.2, 0.25) is 11.6 Å². The second-order valence-electron chi connectivity index (χ2n) is 2.61. The van der Waals surface area contributed by atoms with Gasteiger partial charge in [-0.3, -0.25) is 9.59 Å². The van der Waals surface area contributed by atoms with Crippen molar-refractivity contribution in [2.24, 2.45) is 0 Å². The zero-order valence-corrected chi connectivity index (χ0v) is 12.0. The molecule has 0 aliphatic carbocycles. The Hall–Kier alpha value is -0.140. The SMILES string of the molecule is CNC(=O)C(NC(C)=O)SP(=S)(OC)OC. The summed E-state index contributed by atoms with van der Waals surface area (Å²) in [5.74, 6) is -0.682. The van der Waals surface area contributed by atoms with E-state index in [1.54, 1.807) is 0 Å². The number of hydrogen-bond donors (Lipinski definition) is 2. The minimum atomic E-state index is -2.59. The number of carbonyl (C=O) groups is 2. The quantitative estimate of drug-likeness (QED) is 0.545. The highest BCUT2D eigenvalue weighted by Gasteiger charge is 2.28. The van der Waals surface area contributed by atoms with Crippen LogP contribution in [0, 0.1) is 0 Å². The summed E-state index contributed by atoms with van der Waals surface area (Å²) in [6.07, 6.45) is 0. The molecule has 9 heteroatoms. The molecule has 0 aromatic carbocycles. The predicted octanol–water partition coefficient (Wildman–Crippen LogP) is 0.445. The first kappa shape index (κ1) is 15.9. The van der Waals surface area contributed by atoms with Crippen LogP contribution in [0.4, 0.5) is 0 Å². The molecule has 0 aliphatic heterocycles. The fourth-order valence-electron chi connectivity index (χ4n) is 0.745. The highest BCUT2D eigenvalue weighted by molar-refractivity contribution is 8.68. The zero-order chi connectivity index (χ0) is 12.8. The van der Waals surface area contributed by atoms with E-state index in [1.807, 2.05) is 0 Å². The van der Waals surface area contributed by atoms with Crippen LogP contribution in [-0.2, 0) is 30.4 Å². The molecule has 0 aromatic rings. The smallest absolute Gasteiger partial charge is 0.253 e. The van der Waals surface area contributed by atoms with Gasteiger partial charge in [-0.2, -0.15) is 0 Å². The van der Waals surface area contributed by atoms with Gasteiger partial charge in [0.05, 0.1) is 0 Å². The Labute approximate surface area is 104 Å². The normalized spacial score (nSPS) is 13.0. The van der Waals surface area contributed by atoms with E-state index in [1.165, 1.54) is 28.2 Å². The Morgan fingerprint density at radius 2 is 1.88 bits per heavy atom. The summed E-state index contributed by atoms with van der Waals surface area (Å²) in [6, 6.07) is 0. The van der Waals surface area contributed by atoms with Gasteiger partial charge in [-0.05, 0) is 23.2 Å². The van der Waals surface area contributed by atoms with Crippen LogP contribution in [0.5, 0.6) is 0 Å². The maximum absolute atomic E-state index is 11.5. The molecule has 0 radical (unpaired) electrons. The third kappa shape index (κ3) is 5.27. The lowest BCUT2D eigenvalue weighted by Crippen LogP contribution is -2.42. The van der Waals surface area contributed by atoms with Gasteiger partial charge in [-0.25, -0.2) is 0 Å². The van der Waals surface area contributed by atoms with Crippen molar-refractivity contribution in [3.05, 3.63) is 0 Å². The molecule has 0 aromatic heterocycles. The van der Waals surface area contributed by atoms with Crippen LogP contribution in [0.15, 0.2) is 0 Å². The van der Waals surface area contributed by atoms with Crippen molar-refractivity contribution >= 4 is 40.7 Å². The average molecular weight is 286 g/mol. The number of amides is 2. The molecule has 0 aliphatic rings. The number of nitrogens with one attached hydrogen (secondary N) is 2. The van der Waals surface area contributed by atoms with Crippen LogP contribution in [-0.4, -0.2) is 38.5 Å². The van der Waals surface area contributed by atoms with Crippen molar-refractivity contribution in [1.82, 2.24) is 10.6 Å². The second kappa shape index (κ2) is 7.24. The van der Waals surface area contributed by atoms with Gasteiger partial charge in [-0.15, -0.1) is 0 Å². The maximum Gasteiger partial charge on any atom is 0.253 e. The van der Waals surface area contributed by atoms with Crippen LogP contribution in [0.1, 0.15) is 6.92 Å². The zero-order valence-electron chi connectivity index (χ0n) is 9.47. The molecular weight excluding hydrogens is 271 g/mol. The van der Waals surface area contributed by atoms with E-state index in [2.05, 4.69) is 10.6 Å². The van der Waals surface area contributed by atoms with Crippen molar-refractivity contribution in [2.45, 2.75) is 12.3 Å². The van der Waals surface area contributed by atoms with Crippen LogP contribution in [0.3, 0.4) is 0 Å². The molecule has 0 bridgehead atoms. The number of hydrogen-bond acceptors (Lipinski definition) is 6. The summed E-state index contributed by atoms with van der Waals surface area (Å²) in [5.41, 5.74) is -2.59. The molecular formula is C7H15N2O4PS2. The lowest BCUT2D eigenvalue weighted by Gasteiger charge is -2.22. The Balaban J connectivity index is 4.72. The molecule has 0 spiro atoms. The van der Waals surface area contributed by atoms with Gasteiger partial charge in [-0.1, -0.05) is 0 Å². The van der Waals surface area contributed by atoms with E-state index in [9.17, 15) is 9.59 Å². The summed E-state index contributed by atoms with van der Waals surface area (Å²) >= 11 is 6.09. The first-order valence-corrected chi connectivity index (χ1v) is 8.39. The van der Waals surface area contributed by atoms with Gasteiger partial charge in [0, 0.05) is 28.2 Å². The molecule has 1 unspecified atom stereocenters. The molecule has 2 N–H and O–H groups in total. The molecule has 0 fully saturated rings. The van der Waals surface area contributed by atoms with Crippen LogP contribution >= 0.6 is 17.1 Å². The highest BCUT2D eigenvalue weighted by Crippen LogP contribution is 2.61. The molecule has 6 nitrogen and oxygen atoms in total. The summed E-state index contributed by atoms with van der Waals surface area (Å²) in [5, 5.41) is 4.08. The maximum atomic E-state index is 11.5. The monoisotopic (exact) mass is 286 g/mol. The van der Waals surface area contributed by atoms with Crippen molar-refractivity contribution in [3.8, 4) is 0 Å². The van der Waals surface area contributed by atoms with E-state index in [0.29, 0.717) is 0 Å². The molecule has 16 heavy (non-hydrogen) atoms. The first-order valence-electron chi connectivity index (χ1n) is 4.27. The van der Waals surface area contributed by atoms with Gasteiger partial charge < -0.3 is 19.7 Å². The lowest BCUT2D eigenvalue weighted by atomic mass is 10.5. The largest absolute Gasteiger partial charge is 0.357 e. The first-order chi connectivity index (χ1) is 7.38. The van der Waals surface area contributed by atoms with Crippen LogP contribution < -0.4 is 10.6 Å². The molecule has 94 valence electrons. The Morgan fingerprint density at radius 1 is 1.38 bits per heavy atom. The fraction of sp³-hybridized carbons (Fsp3) is 0.714. The summed E-state index contributed by atoms with van der Waals surface area (Å²) in [6.45, 7) is 1.32. The van der Waals surface area contributed by atoms with Gasteiger partial charge in [0.1, 0.15) is 0 Å². The van der Waals surface area contributed by atoms with Gasteiger partial charge in [0.25, 0.3) is 5.91 Å². The van der Waals surface area contributed by atoms with E-state index in [-0.39, 0.29) is 11.8 Å². The number of likely N-dealkylation sites (N-methyl/N-ethyl adjacent to an activating group) is 1. The van der Waals surface area contributed by atoms with E-state index in [4.69, 9.17) is 20.9 Å². The number of carbonyl (C=O) groups excluding carboxylic acids is 2. The minimum absolute atomic E-state index is 0.324. The molecule has 0 saturated carbocycles. The minimum Gasteiger partial charge on any atom is -0.357 e. The van der Waals surface area contributed by atoms with Crippen molar-refractivity contribution in [2.75, 3.05) is 21.3 Å². The Morgan fingerprint density at radius 3 is 2.19 bits per heavy atom. The van der Waals surface area contributed by atoms with Crippen LogP contribution in [0.2, 0.25) is 0 Å². The fourth-order valence-corrected chi connectivity index (χ4v) is 4.27. The van der Waals surface area contributed by atoms with Crippen molar-refractivity contribution in [1.29, 1.82) is 0 Å². The van der Waals surface area contributed by atoms with E-state index < -0.39 is 11.1 Å². The lowest BCUT2D eigenvalue weighted by molar-refractivity contribution is -0.125. The average Bonchev–Trinajstić information content (AvgIpc) is 2.26. The Bertz CT molecular complexity index is 305. The highest BCUT2D eigenvalue weighted by atomic mass is 32.9. The van der Waals surface area contributed by atoms with Gasteiger partial charge in [0.15, 0.2) is 5.37 Å². The van der Waals surface area contributed by atoms with Crippen LogP contribution in [0.25, 0.3) is 0 Å². The standard InChI is InChI=1S/C7H15N2O4PS2/c1-5(10)9-7(6(11)8-2)16-14(15,12-3)13-4/h7H,1-4H3,(H,8,11)(H,9,10). The van der Waals surface area contributed by atoms with E-state index >= 15 is 0 Å². The topological polar surface area (TPSA) is 76.7 Å². The number of rotatable bonds is 6. The van der Waals surface area contributed by atoms with Crippen molar-refractivity contribution in [3.63, 3.8) is 0 Å². The third-order valence-electron chi connectivity index (χ3n) is 1.50. The molecule has 1 atom stereocenters. The van der Waals surface area contributed by atoms with Gasteiger partial charge >= 0.3 is 0 Å². The molecule has 2 amide bonds. The Kier molecular flexibility index (Phi) is 7.17. The van der Waals surface area contributed by atoms with Crippen molar-refractivity contribution < 1.29 is 18.6 Å². The molecule has 0 saturated heterocycles. The summed E-state index contributed by atoms with van der Waals surface area (Å²) in [7, 11) is 4.29. The molecule has 0 rings (SSSR count). The second-order valence-corrected chi connectivity index (χ2v) is 9.13.